The predicted octanol–water partition coefficient (Wildman–Crippen LogP) is 2.12. The number of carbonyl (C=O) groups excluding carboxylic acids is 1. The van der Waals surface area contributed by atoms with Crippen LogP contribution in [0.1, 0.15) is 26.2 Å². The quantitative estimate of drug-likeness (QED) is 0.414. The standard InChI is InChI=1S/C8H12O/c1-3-5-6-8(4-2)7-9/h4H,2-3,5-6H2,1H3. The summed E-state index contributed by atoms with van der Waals surface area (Å²) in [7, 11) is 0. The van der Waals surface area contributed by atoms with Crippen molar-refractivity contribution >= 4 is 5.94 Å². The van der Waals surface area contributed by atoms with Crippen molar-refractivity contribution in [3.8, 4) is 0 Å². The van der Waals surface area contributed by atoms with Crippen LogP contribution in [-0.4, -0.2) is 5.94 Å². The zero-order valence-corrected chi connectivity index (χ0v) is 5.81. The largest absolute Gasteiger partial charge is 0.233 e. The number of allylic oxidation sites excluding steroid dienone is 2. The van der Waals surface area contributed by atoms with Gasteiger partial charge < -0.3 is 0 Å². The monoisotopic (exact) mass is 124 g/mol. The van der Waals surface area contributed by atoms with E-state index >= 15 is 0 Å². The van der Waals surface area contributed by atoms with Crippen LogP contribution in [-0.2, 0) is 4.79 Å². The molecule has 0 aliphatic heterocycles. The van der Waals surface area contributed by atoms with E-state index < -0.39 is 0 Å². The predicted molar refractivity (Wildman–Crippen MR) is 38.9 cm³/mol. The van der Waals surface area contributed by atoms with Gasteiger partial charge in [0.15, 0.2) is 0 Å². The first-order valence-electron chi connectivity index (χ1n) is 3.21. The van der Waals surface area contributed by atoms with Crippen LogP contribution in [0.3, 0.4) is 0 Å². The lowest BCUT2D eigenvalue weighted by Gasteiger charge is -1.91. The summed E-state index contributed by atoms with van der Waals surface area (Å²) in [6, 6.07) is 0. The topological polar surface area (TPSA) is 17.1 Å². The Morgan fingerprint density at radius 1 is 1.78 bits per heavy atom. The number of hydrogen-bond donors (Lipinski definition) is 0. The van der Waals surface area contributed by atoms with Crippen LogP contribution >= 0.6 is 0 Å². The summed E-state index contributed by atoms with van der Waals surface area (Å²) in [6.45, 7) is 5.57. The molecule has 50 valence electrons. The minimum atomic E-state index is 0.692. The van der Waals surface area contributed by atoms with E-state index in [0.717, 1.165) is 19.3 Å². The van der Waals surface area contributed by atoms with Crippen LogP contribution in [0.2, 0.25) is 0 Å². The molecule has 0 saturated heterocycles. The molecule has 0 aliphatic carbocycles. The fourth-order valence-electron chi connectivity index (χ4n) is 0.562. The third kappa shape index (κ3) is 3.75. The maximum Gasteiger partial charge on any atom is 0.127 e. The van der Waals surface area contributed by atoms with Crippen LogP contribution in [0.25, 0.3) is 0 Å². The van der Waals surface area contributed by atoms with Crippen molar-refractivity contribution in [3.05, 3.63) is 18.2 Å². The lowest BCUT2D eigenvalue weighted by molar-refractivity contribution is 0.566. The van der Waals surface area contributed by atoms with Gasteiger partial charge in [-0.3, -0.25) is 0 Å². The Morgan fingerprint density at radius 3 is 2.78 bits per heavy atom. The molecule has 0 atom stereocenters. The summed E-state index contributed by atoms with van der Waals surface area (Å²) < 4.78 is 0. The van der Waals surface area contributed by atoms with Crippen LogP contribution in [0.15, 0.2) is 18.2 Å². The Labute approximate surface area is 56.1 Å². The molecular formula is C8H12O. The van der Waals surface area contributed by atoms with E-state index in [2.05, 4.69) is 13.5 Å². The SMILES string of the molecule is C=CC(=C=O)CCCC. The lowest BCUT2D eigenvalue weighted by Crippen LogP contribution is -1.78. The maximum absolute atomic E-state index is 10.0. The fraction of sp³-hybridized carbons (Fsp3) is 0.500. The second-order valence-electron chi connectivity index (χ2n) is 1.93. The van der Waals surface area contributed by atoms with Gasteiger partial charge in [-0.1, -0.05) is 26.0 Å². The second kappa shape index (κ2) is 5.33. The zero-order chi connectivity index (χ0) is 7.11. The normalized spacial score (nSPS) is 8.11. The highest BCUT2D eigenvalue weighted by molar-refractivity contribution is 5.56. The van der Waals surface area contributed by atoms with Gasteiger partial charge in [0.05, 0.1) is 0 Å². The summed E-state index contributed by atoms with van der Waals surface area (Å²) >= 11 is 0. The molecule has 0 aliphatic rings. The Balaban J connectivity index is 3.58. The van der Waals surface area contributed by atoms with E-state index in [1.165, 1.54) is 0 Å². The first kappa shape index (κ1) is 8.19. The summed E-state index contributed by atoms with van der Waals surface area (Å²) in [5.74, 6) is 1.84. The van der Waals surface area contributed by atoms with E-state index in [1.54, 1.807) is 6.08 Å². The first-order chi connectivity index (χ1) is 4.35. The lowest BCUT2D eigenvalue weighted by atomic mass is 10.1. The van der Waals surface area contributed by atoms with Crippen LogP contribution in [0.4, 0.5) is 0 Å². The fourth-order valence-corrected chi connectivity index (χ4v) is 0.562. The molecule has 0 unspecified atom stereocenters. The van der Waals surface area contributed by atoms with E-state index in [9.17, 15) is 4.79 Å². The smallest absolute Gasteiger partial charge is 0.127 e. The van der Waals surface area contributed by atoms with E-state index in [0.29, 0.717) is 5.57 Å². The molecule has 0 saturated carbocycles. The summed E-state index contributed by atoms with van der Waals surface area (Å²) in [5.41, 5.74) is 0.692. The number of rotatable bonds is 4. The van der Waals surface area contributed by atoms with Crippen LogP contribution in [0.5, 0.6) is 0 Å². The van der Waals surface area contributed by atoms with Crippen molar-refractivity contribution < 1.29 is 4.79 Å². The zero-order valence-electron chi connectivity index (χ0n) is 5.81. The third-order valence-corrected chi connectivity index (χ3v) is 1.18. The highest BCUT2D eigenvalue weighted by atomic mass is 16.1. The summed E-state index contributed by atoms with van der Waals surface area (Å²) in [6.07, 6.45) is 4.56. The Morgan fingerprint density at radius 2 is 2.44 bits per heavy atom. The Kier molecular flexibility index (Phi) is 4.85. The molecule has 0 amide bonds. The number of unbranched alkanes of at least 4 members (excludes halogenated alkanes) is 1. The molecule has 0 bridgehead atoms. The summed E-state index contributed by atoms with van der Waals surface area (Å²) in [4.78, 5) is 10.0. The van der Waals surface area contributed by atoms with Gasteiger partial charge in [0.25, 0.3) is 0 Å². The minimum absolute atomic E-state index is 0.692. The van der Waals surface area contributed by atoms with Gasteiger partial charge in [-0.05, 0) is 12.8 Å². The first-order valence-corrected chi connectivity index (χ1v) is 3.21. The molecule has 0 aromatic rings. The van der Waals surface area contributed by atoms with Gasteiger partial charge in [0.1, 0.15) is 5.94 Å². The molecule has 0 N–H and O–H groups in total. The van der Waals surface area contributed by atoms with Crippen molar-refractivity contribution in [2.45, 2.75) is 26.2 Å². The molecule has 1 heteroatoms. The van der Waals surface area contributed by atoms with Gasteiger partial charge >= 0.3 is 0 Å². The third-order valence-electron chi connectivity index (χ3n) is 1.18. The molecule has 1 nitrogen and oxygen atoms in total. The Bertz CT molecular complexity index is 130. The molecule has 0 aromatic heterocycles. The second-order valence-corrected chi connectivity index (χ2v) is 1.93. The highest BCUT2D eigenvalue weighted by Crippen LogP contribution is 2.03. The van der Waals surface area contributed by atoms with Crippen LogP contribution in [0, 0.1) is 0 Å². The van der Waals surface area contributed by atoms with E-state index in [4.69, 9.17) is 0 Å². The van der Waals surface area contributed by atoms with Crippen molar-refractivity contribution in [2.75, 3.05) is 0 Å². The number of hydrogen-bond acceptors (Lipinski definition) is 1. The molecule has 0 radical (unpaired) electrons. The summed E-state index contributed by atoms with van der Waals surface area (Å²) in [5, 5.41) is 0. The highest BCUT2D eigenvalue weighted by Gasteiger charge is 1.89. The van der Waals surface area contributed by atoms with Gasteiger partial charge in [-0.25, -0.2) is 4.79 Å². The van der Waals surface area contributed by atoms with Gasteiger partial charge in [-0.15, -0.1) is 0 Å². The van der Waals surface area contributed by atoms with Gasteiger partial charge in [0.2, 0.25) is 0 Å². The maximum atomic E-state index is 10.0. The van der Waals surface area contributed by atoms with Crippen molar-refractivity contribution in [1.82, 2.24) is 0 Å². The molecule has 0 heterocycles. The van der Waals surface area contributed by atoms with Crippen molar-refractivity contribution in [3.63, 3.8) is 0 Å². The van der Waals surface area contributed by atoms with Gasteiger partial charge in [-0.2, -0.15) is 0 Å². The molecule has 0 rings (SSSR count). The molecule has 9 heavy (non-hydrogen) atoms. The average Bonchev–Trinajstić information content (AvgIpc) is 1.91. The molecule has 0 aromatic carbocycles. The van der Waals surface area contributed by atoms with Crippen LogP contribution < -0.4 is 0 Å². The van der Waals surface area contributed by atoms with Crippen molar-refractivity contribution in [1.29, 1.82) is 0 Å². The van der Waals surface area contributed by atoms with E-state index in [-0.39, 0.29) is 0 Å². The molecule has 0 spiro atoms. The average molecular weight is 124 g/mol. The Hall–Kier alpha value is -0.810. The van der Waals surface area contributed by atoms with Gasteiger partial charge in [0, 0.05) is 5.57 Å². The minimum Gasteiger partial charge on any atom is -0.233 e. The van der Waals surface area contributed by atoms with E-state index in [1.807, 2.05) is 5.94 Å². The molecule has 0 fully saturated rings. The molecular weight excluding hydrogens is 112 g/mol. The van der Waals surface area contributed by atoms with Crippen molar-refractivity contribution in [2.24, 2.45) is 0 Å².